The monoisotopic (exact) mass is 349 g/mol. The lowest BCUT2D eigenvalue weighted by atomic mass is 10.2. The topological polar surface area (TPSA) is 76.3 Å². The summed E-state index contributed by atoms with van der Waals surface area (Å²) in [6.45, 7) is 1.82. The maximum Gasteiger partial charge on any atom is 0.258 e. The average molecular weight is 349 g/mol. The highest BCUT2D eigenvalue weighted by Crippen LogP contribution is 2.23. The van der Waals surface area contributed by atoms with Crippen LogP contribution >= 0.6 is 0 Å². The van der Waals surface area contributed by atoms with Crippen LogP contribution in [0.4, 0.5) is 4.39 Å². The maximum absolute atomic E-state index is 13.8. The van der Waals surface area contributed by atoms with Gasteiger partial charge in [-0.05, 0) is 18.6 Å². The van der Waals surface area contributed by atoms with E-state index < -0.39 is 15.8 Å². The van der Waals surface area contributed by atoms with Crippen LogP contribution in [0.3, 0.4) is 0 Å². The van der Waals surface area contributed by atoms with Crippen LogP contribution in [-0.4, -0.2) is 29.9 Å². The van der Waals surface area contributed by atoms with Crippen molar-refractivity contribution < 1.29 is 17.3 Å². The van der Waals surface area contributed by atoms with E-state index >= 15 is 0 Å². The van der Waals surface area contributed by atoms with Crippen molar-refractivity contribution in [3.63, 3.8) is 0 Å². The minimum absolute atomic E-state index is 0.0201. The lowest BCUT2D eigenvalue weighted by Crippen LogP contribution is -2.27. The lowest BCUT2D eigenvalue weighted by molar-refractivity contribution is 0.439. The molecule has 0 spiro atoms. The van der Waals surface area contributed by atoms with Gasteiger partial charge in [-0.15, -0.1) is 0 Å². The van der Waals surface area contributed by atoms with Crippen LogP contribution in [0.25, 0.3) is 11.1 Å². The van der Waals surface area contributed by atoms with Crippen LogP contribution in [0, 0.1) is 5.82 Å². The Morgan fingerprint density at radius 1 is 1.29 bits per heavy atom. The molecule has 6 nitrogen and oxygen atoms in total. The smallest absolute Gasteiger partial charge is 0.258 e. The fourth-order valence-electron chi connectivity index (χ4n) is 2.39. The number of pyridine rings is 1. The first-order chi connectivity index (χ1) is 11.4. The normalized spacial score (nSPS) is 12.2. The van der Waals surface area contributed by atoms with Gasteiger partial charge in [0.25, 0.3) is 5.71 Å². The summed E-state index contributed by atoms with van der Waals surface area (Å²) in [6, 6.07) is 7.57. The molecule has 0 N–H and O–H groups in total. The van der Waals surface area contributed by atoms with Crippen molar-refractivity contribution in [2.24, 2.45) is 0 Å². The van der Waals surface area contributed by atoms with Crippen molar-refractivity contribution in [2.45, 2.75) is 24.8 Å². The summed E-state index contributed by atoms with van der Waals surface area (Å²) >= 11 is 0. The summed E-state index contributed by atoms with van der Waals surface area (Å²) in [6.07, 6.45) is 1.82. The van der Waals surface area contributed by atoms with E-state index in [0.29, 0.717) is 28.8 Å². The van der Waals surface area contributed by atoms with Gasteiger partial charge >= 0.3 is 0 Å². The van der Waals surface area contributed by atoms with Crippen LogP contribution in [0.5, 0.6) is 0 Å². The number of hydrogen-bond donors (Lipinski definition) is 0. The van der Waals surface area contributed by atoms with E-state index in [2.05, 4.69) is 10.1 Å². The van der Waals surface area contributed by atoms with Crippen molar-refractivity contribution in [1.82, 2.24) is 14.4 Å². The maximum atomic E-state index is 13.8. The molecule has 3 rings (SSSR count). The molecule has 24 heavy (non-hydrogen) atoms. The van der Waals surface area contributed by atoms with Gasteiger partial charge in [-0.25, -0.2) is 17.8 Å². The third kappa shape index (κ3) is 2.90. The molecule has 2 heterocycles. The van der Waals surface area contributed by atoms with Gasteiger partial charge in [0, 0.05) is 19.2 Å². The highest BCUT2D eigenvalue weighted by molar-refractivity contribution is 7.89. The molecule has 0 unspecified atom stereocenters. The zero-order valence-electron chi connectivity index (χ0n) is 13.2. The van der Waals surface area contributed by atoms with Gasteiger partial charge in [-0.2, -0.15) is 4.31 Å². The van der Waals surface area contributed by atoms with Crippen molar-refractivity contribution in [1.29, 1.82) is 0 Å². The number of halogens is 1. The Morgan fingerprint density at radius 3 is 2.75 bits per heavy atom. The van der Waals surface area contributed by atoms with Gasteiger partial charge in [-0.3, -0.25) is 0 Å². The van der Waals surface area contributed by atoms with Crippen molar-refractivity contribution in [2.75, 3.05) is 7.05 Å². The third-order valence-corrected chi connectivity index (χ3v) is 5.54. The fraction of sp³-hybridized carbons (Fsp3) is 0.250. The van der Waals surface area contributed by atoms with E-state index in [9.17, 15) is 12.8 Å². The molecule has 0 atom stereocenters. The standard InChI is InChI=1S/C16H16FN3O3S/c1-3-15-13-8-12(9-18-16(13)23-19-15)24(21,22)20(2)10-11-6-4-5-7-14(11)17/h4-9H,3,10H2,1-2H3. The summed E-state index contributed by atoms with van der Waals surface area (Å²) in [5, 5.41) is 4.43. The second-order valence-corrected chi connectivity index (χ2v) is 7.40. The van der Waals surface area contributed by atoms with E-state index in [4.69, 9.17) is 4.52 Å². The molecule has 8 heteroatoms. The zero-order chi connectivity index (χ0) is 17.3. The van der Waals surface area contributed by atoms with E-state index in [-0.39, 0.29) is 11.4 Å². The molecule has 0 aliphatic rings. The zero-order valence-corrected chi connectivity index (χ0v) is 14.0. The average Bonchev–Trinajstić information content (AvgIpc) is 2.99. The number of aromatic nitrogens is 2. The molecule has 0 saturated carbocycles. The van der Waals surface area contributed by atoms with Gasteiger partial charge in [-0.1, -0.05) is 30.3 Å². The number of nitrogens with zero attached hydrogens (tertiary/aromatic N) is 3. The Bertz CT molecular complexity index is 985. The Hall–Kier alpha value is -2.32. The molecule has 0 radical (unpaired) electrons. The molecule has 0 fully saturated rings. The molecule has 0 amide bonds. The second-order valence-electron chi connectivity index (χ2n) is 5.36. The molecular weight excluding hydrogens is 333 g/mol. The largest absolute Gasteiger partial charge is 0.336 e. The summed E-state index contributed by atoms with van der Waals surface area (Å²) in [7, 11) is -2.41. The first kappa shape index (κ1) is 16.5. The lowest BCUT2D eigenvalue weighted by Gasteiger charge is -2.17. The predicted octanol–water partition coefficient (Wildman–Crippen LogP) is 2.75. The molecule has 0 saturated heterocycles. The first-order valence-corrected chi connectivity index (χ1v) is 8.81. The fourth-order valence-corrected chi connectivity index (χ4v) is 3.51. The number of aryl methyl sites for hydroxylation is 1. The Morgan fingerprint density at radius 2 is 2.04 bits per heavy atom. The van der Waals surface area contributed by atoms with Crippen molar-refractivity contribution >= 4 is 21.1 Å². The van der Waals surface area contributed by atoms with E-state index in [0.717, 1.165) is 4.31 Å². The van der Waals surface area contributed by atoms with Gasteiger partial charge in [0.05, 0.1) is 17.3 Å². The highest BCUT2D eigenvalue weighted by atomic mass is 32.2. The number of sulfonamides is 1. The van der Waals surface area contributed by atoms with Crippen LogP contribution in [0.15, 0.2) is 45.9 Å². The first-order valence-electron chi connectivity index (χ1n) is 7.37. The van der Waals surface area contributed by atoms with Gasteiger partial charge in [0.1, 0.15) is 10.7 Å². The third-order valence-electron chi connectivity index (χ3n) is 3.77. The number of rotatable bonds is 5. The molecule has 0 aliphatic heterocycles. The van der Waals surface area contributed by atoms with E-state index in [1.165, 1.54) is 25.4 Å². The Kier molecular flexibility index (Phi) is 4.33. The van der Waals surface area contributed by atoms with Crippen LogP contribution in [0.1, 0.15) is 18.2 Å². The van der Waals surface area contributed by atoms with Gasteiger partial charge < -0.3 is 4.52 Å². The van der Waals surface area contributed by atoms with Gasteiger partial charge in [0.2, 0.25) is 10.0 Å². The van der Waals surface area contributed by atoms with Crippen LogP contribution < -0.4 is 0 Å². The summed E-state index contributed by atoms with van der Waals surface area (Å²) < 4.78 is 45.4. The SMILES string of the molecule is CCc1noc2ncc(S(=O)(=O)N(C)Cc3ccccc3F)cc12. The van der Waals surface area contributed by atoms with Crippen LogP contribution in [0.2, 0.25) is 0 Å². The predicted molar refractivity (Wildman–Crippen MR) is 86.2 cm³/mol. The minimum atomic E-state index is -3.81. The Balaban J connectivity index is 1.96. The Labute approximate surface area is 139 Å². The number of fused-ring (bicyclic) bond motifs is 1. The van der Waals surface area contributed by atoms with Gasteiger partial charge in [0.15, 0.2) is 0 Å². The summed E-state index contributed by atoms with van der Waals surface area (Å²) in [5.74, 6) is -0.444. The highest BCUT2D eigenvalue weighted by Gasteiger charge is 2.24. The summed E-state index contributed by atoms with van der Waals surface area (Å²) in [4.78, 5) is 4.03. The number of hydrogen-bond acceptors (Lipinski definition) is 5. The minimum Gasteiger partial charge on any atom is -0.336 e. The van der Waals surface area contributed by atoms with E-state index in [1.54, 1.807) is 18.2 Å². The van der Waals surface area contributed by atoms with E-state index in [1.807, 2.05) is 6.92 Å². The molecule has 0 bridgehead atoms. The molecule has 2 aromatic heterocycles. The quantitative estimate of drug-likeness (QED) is 0.708. The number of benzene rings is 1. The molecular formula is C16H16FN3O3S. The molecule has 3 aromatic rings. The molecule has 126 valence electrons. The van der Waals surface area contributed by atoms with Crippen molar-refractivity contribution in [3.8, 4) is 0 Å². The molecule has 0 aliphatic carbocycles. The summed E-state index contributed by atoms with van der Waals surface area (Å²) in [5.41, 5.74) is 1.24. The molecule has 1 aromatic carbocycles. The second kappa shape index (κ2) is 6.29. The van der Waals surface area contributed by atoms with Crippen LogP contribution in [-0.2, 0) is 23.0 Å². The van der Waals surface area contributed by atoms with Crippen molar-refractivity contribution in [3.05, 3.63) is 53.6 Å².